The lowest BCUT2D eigenvalue weighted by atomic mass is 10.0. The fourth-order valence-electron chi connectivity index (χ4n) is 5.88. The van der Waals surface area contributed by atoms with Crippen LogP contribution in [0.15, 0.2) is 35.2 Å². The number of carboxylic acids is 1. The fraction of sp³-hybridized carbons (Fsp3) is 0.629. The molecule has 0 saturated carbocycles. The van der Waals surface area contributed by atoms with Gasteiger partial charge in [0.15, 0.2) is 0 Å². The van der Waals surface area contributed by atoms with E-state index in [1.165, 1.54) is 88.8 Å². The summed E-state index contributed by atoms with van der Waals surface area (Å²) in [5.41, 5.74) is 0.967. The number of nitrogens with zero attached hydrogens (tertiary/aromatic N) is 2. The van der Waals surface area contributed by atoms with Crippen molar-refractivity contribution in [1.82, 2.24) is 0 Å². The van der Waals surface area contributed by atoms with Gasteiger partial charge in [-0.25, -0.2) is 8.42 Å². The summed E-state index contributed by atoms with van der Waals surface area (Å²) in [6, 6.07) is 6.86. The van der Waals surface area contributed by atoms with E-state index in [1.807, 2.05) is 0 Å². The normalized spacial score (nSPS) is 13.4. The summed E-state index contributed by atoms with van der Waals surface area (Å²) in [6.07, 6.45) is 17.1. The van der Waals surface area contributed by atoms with E-state index in [0.29, 0.717) is 49.9 Å². The molecule has 0 unspecified atom stereocenters. The number of ether oxygens (including phenoxy) is 2. The van der Waals surface area contributed by atoms with Gasteiger partial charge < -0.3 is 19.5 Å². The molecule has 0 spiro atoms. The van der Waals surface area contributed by atoms with Crippen LogP contribution in [-0.4, -0.2) is 57.3 Å². The molecule has 12 heteroatoms. The van der Waals surface area contributed by atoms with E-state index in [-0.39, 0.29) is 21.8 Å². The number of hydrogen-bond donors (Lipinski definition) is 2. The maximum absolute atomic E-state index is 13.8. The van der Waals surface area contributed by atoms with Gasteiger partial charge in [-0.05, 0) is 36.6 Å². The number of carbonyl (C=O) groups is 1. The third-order valence-corrected chi connectivity index (χ3v) is 9.93. The molecule has 11 nitrogen and oxygen atoms in total. The van der Waals surface area contributed by atoms with E-state index in [2.05, 4.69) is 11.6 Å². The van der Waals surface area contributed by atoms with E-state index in [1.54, 1.807) is 17.9 Å². The van der Waals surface area contributed by atoms with Crippen molar-refractivity contribution in [2.24, 2.45) is 0 Å². The van der Waals surface area contributed by atoms with Gasteiger partial charge in [0.05, 0.1) is 42.5 Å². The molecule has 262 valence electrons. The molecule has 1 saturated heterocycles. The van der Waals surface area contributed by atoms with E-state index >= 15 is 0 Å². The highest BCUT2D eigenvalue weighted by molar-refractivity contribution is 7.93. The SMILES string of the molecule is CCCCCCCCCCCCCCCCOc1cc(NS(=O)(=O)c2cc([N+](=O)[O-])ccc2N2CCOCC2)c(CC(=O)O)cc1C. The Morgan fingerprint density at radius 1 is 0.936 bits per heavy atom. The summed E-state index contributed by atoms with van der Waals surface area (Å²) < 4.78 is 41.6. The van der Waals surface area contributed by atoms with Crippen LogP contribution in [0.3, 0.4) is 0 Å². The predicted octanol–water partition coefficient (Wildman–Crippen LogP) is 8.03. The Morgan fingerprint density at radius 3 is 2.06 bits per heavy atom. The number of nitrogens with one attached hydrogen (secondary N) is 1. The lowest BCUT2D eigenvalue weighted by Crippen LogP contribution is -2.37. The Bertz CT molecular complexity index is 1390. The van der Waals surface area contributed by atoms with Crippen molar-refractivity contribution in [1.29, 1.82) is 0 Å². The maximum Gasteiger partial charge on any atom is 0.307 e. The highest BCUT2D eigenvalue weighted by Crippen LogP contribution is 2.34. The van der Waals surface area contributed by atoms with Crippen molar-refractivity contribution in [3.63, 3.8) is 0 Å². The van der Waals surface area contributed by atoms with Crippen LogP contribution in [0.25, 0.3) is 0 Å². The largest absolute Gasteiger partial charge is 0.493 e. The lowest BCUT2D eigenvalue weighted by molar-refractivity contribution is -0.385. The van der Waals surface area contributed by atoms with Gasteiger partial charge in [0.2, 0.25) is 0 Å². The maximum atomic E-state index is 13.8. The molecule has 0 aromatic heterocycles. The van der Waals surface area contributed by atoms with Crippen LogP contribution in [0.2, 0.25) is 0 Å². The van der Waals surface area contributed by atoms with Gasteiger partial charge >= 0.3 is 5.97 Å². The summed E-state index contributed by atoms with van der Waals surface area (Å²) in [6.45, 7) is 6.13. The Hall–Kier alpha value is -3.38. The monoisotopic (exact) mass is 675 g/mol. The minimum atomic E-state index is -4.37. The second-order valence-corrected chi connectivity index (χ2v) is 14.1. The number of hydrogen-bond acceptors (Lipinski definition) is 8. The van der Waals surface area contributed by atoms with Crippen LogP contribution >= 0.6 is 0 Å². The van der Waals surface area contributed by atoms with Gasteiger partial charge in [0.1, 0.15) is 10.6 Å². The van der Waals surface area contributed by atoms with Gasteiger partial charge in [-0.3, -0.25) is 19.6 Å². The first kappa shape index (κ1) is 38.1. The Kier molecular flexibility index (Phi) is 16.3. The molecule has 1 aliphatic rings. The number of unbranched alkanes of at least 4 members (excludes halogenated alkanes) is 13. The third kappa shape index (κ3) is 13.0. The van der Waals surface area contributed by atoms with Crippen LogP contribution in [-0.2, 0) is 26.0 Å². The number of sulfonamides is 1. The molecule has 47 heavy (non-hydrogen) atoms. The number of nitro groups is 1. The summed E-state index contributed by atoms with van der Waals surface area (Å²) in [4.78, 5) is 24.1. The zero-order chi connectivity index (χ0) is 34.1. The van der Waals surface area contributed by atoms with Crippen LogP contribution < -0.4 is 14.4 Å². The van der Waals surface area contributed by atoms with Crippen molar-refractivity contribution in [3.8, 4) is 5.75 Å². The van der Waals surface area contributed by atoms with Crippen molar-refractivity contribution >= 4 is 33.1 Å². The zero-order valence-electron chi connectivity index (χ0n) is 28.1. The fourth-order valence-corrected chi connectivity index (χ4v) is 7.22. The van der Waals surface area contributed by atoms with E-state index in [0.717, 1.165) is 25.3 Å². The lowest BCUT2D eigenvalue weighted by Gasteiger charge is -2.30. The number of morpholine rings is 1. The number of rotatable bonds is 23. The van der Waals surface area contributed by atoms with Crippen molar-refractivity contribution in [2.45, 2.75) is 115 Å². The first-order valence-electron chi connectivity index (χ1n) is 17.2. The molecule has 1 heterocycles. The van der Waals surface area contributed by atoms with Crippen LogP contribution in [0.1, 0.15) is 108 Å². The van der Waals surface area contributed by atoms with E-state index < -0.39 is 27.3 Å². The molecular formula is C35H53N3O8S. The Labute approximate surface area is 280 Å². The molecule has 1 aliphatic heterocycles. The summed E-state index contributed by atoms with van der Waals surface area (Å²) in [5.74, 6) is -0.663. The molecule has 0 bridgehead atoms. The molecule has 0 amide bonds. The molecule has 2 aromatic carbocycles. The van der Waals surface area contributed by atoms with Crippen LogP contribution in [0.5, 0.6) is 5.75 Å². The molecule has 0 aliphatic carbocycles. The predicted molar refractivity (Wildman–Crippen MR) is 185 cm³/mol. The molecule has 0 atom stereocenters. The number of nitro benzene ring substituents is 1. The Balaban J connectivity index is 1.59. The standard InChI is InChI=1S/C35H53N3O8S/c1-3-4-5-6-7-8-9-10-11-12-13-14-15-16-21-46-33-27-31(29(24-28(33)2)25-35(39)40)36-47(43,44)34-26-30(38(41)42)17-18-32(34)37-19-22-45-23-20-37/h17-18,24,26-27,36H,3-16,19-23,25H2,1-2H3,(H,39,40). The first-order valence-corrected chi connectivity index (χ1v) is 18.7. The highest BCUT2D eigenvalue weighted by Gasteiger charge is 2.27. The van der Waals surface area contributed by atoms with E-state index in [4.69, 9.17) is 9.47 Å². The second-order valence-electron chi connectivity index (χ2n) is 12.4. The molecular weight excluding hydrogens is 622 g/mol. The Morgan fingerprint density at radius 2 is 1.51 bits per heavy atom. The molecule has 1 fully saturated rings. The van der Waals surface area contributed by atoms with Crippen LogP contribution in [0, 0.1) is 17.0 Å². The molecule has 2 aromatic rings. The van der Waals surface area contributed by atoms with Gasteiger partial charge in [0.25, 0.3) is 15.7 Å². The van der Waals surface area contributed by atoms with Gasteiger partial charge in [-0.15, -0.1) is 0 Å². The number of carboxylic acid groups (broad SMARTS) is 1. The smallest absolute Gasteiger partial charge is 0.307 e. The number of aliphatic carboxylic acids is 1. The summed E-state index contributed by atoms with van der Waals surface area (Å²) in [5, 5.41) is 21.1. The van der Waals surface area contributed by atoms with Gasteiger partial charge in [-0.1, -0.05) is 90.4 Å². The third-order valence-electron chi connectivity index (χ3n) is 8.54. The topological polar surface area (TPSA) is 148 Å². The molecule has 0 radical (unpaired) electrons. The number of aryl methyl sites for hydroxylation is 1. The molecule has 3 rings (SSSR count). The van der Waals surface area contributed by atoms with Crippen molar-refractivity contribution in [2.75, 3.05) is 42.5 Å². The molecule has 2 N–H and O–H groups in total. The number of non-ortho nitro benzene ring substituents is 1. The second kappa shape index (κ2) is 20.1. The summed E-state index contributed by atoms with van der Waals surface area (Å²) >= 11 is 0. The summed E-state index contributed by atoms with van der Waals surface area (Å²) in [7, 11) is -4.37. The van der Waals surface area contributed by atoms with Gasteiger partial charge in [-0.2, -0.15) is 0 Å². The van der Waals surface area contributed by atoms with E-state index in [9.17, 15) is 28.4 Å². The zero-order valence-corrected chi connectivity index (χ0v) is 29.0. The quantitative estimate of drug-likeness (QED) is 0.0678. The van der Waals surface area contributed by atoms with Crippen molar-refractivity contribution in [3.05, 3.63) is 51.6 Å². The minimum absolute atomic E-state index is 0.0633. The van der Waals surface area contributed by atoms with Gasteiger partial charge in [0, 0.05) is 31.3 Å². The van der Waals surface area contributed by atoms with Crippen LogP contribution in [0.4, 0.5) is 17.1 Å². The highest BCUT2D eigenvalue weighted by atomic mass is 32.2. The average Bonchev–Trinajstić information content (AvgIpc) is 3.04. The number of anilines is 2. The van der Waals surface area contributed by atoms with Crippen molar-refractivity contribution < 1.29 is 32.7 Å². The number of benzene rings is 2. The average molecular weight is 676 g/mol. The minimum Gasteiger partial charge on any atom is -0.493 e. The first-order chi connectivity index (χ1) is 22.6.